The first-order chi connectivity index (χ1) is 11.0. The third-order valence-electron chi connectivity index (χ3n) is 3.78. The van der Waals surface area contributed by atoms with Gasteiger partial charge in [-0.1, -0.05) is 29.3 Å². The van der Waals surface area contributed by atoms with Crippen molar-refractivity contribution in [2.24, 2.45) is 4.99 Å². The van der Waals surface area contributed by atoms with Crippen LogP contribution in [0.2, 0.25) is 10.0 Å². The first kappa shape index (κ1) is 21.8. The van der Waals surface area contributed by atoms with Crippen molar-refractivity contribution in [1.29, 1.82) is 0 Å². The smallest absolute Gasteiger partial charge is 0.191 e. The molecule has 1 aliphatic heterocycles. The molecular weight excluding hydrogens is 464 g/mol. The van der Waals surface area contributed by atoms with Crippen LogP contribution in [0.3, 0.4) is 0 Å². The van der Waals surface area contributed by atoms with E-state index in [2.05, 4.69) is 15.6 Å². The Balaban J connectivity index is 0.00000288. The molecule has 1 aromatic carbocycles. The Hall–Kier alpha value is -0.280. The monoisotopic (exact) mass is 487 g/mol. The largest absolute Gasteiger partial charge is 0.388 e. The maximum Gasteiger partial charge on any atom is 0.191 e. The van der Waals surface area contributed by atoms with Gasteiger partial charge >= 0.3 is 0 Å². The molecule has 24 heavy (non-hydrogen) atoms. The van der Waals surface area contributed by atoms with E-state index in [4.69, 9.17) is 27.9 Å². The number of halogens is 3. The fourth-order valence-corrected chi connectivity index (χ4v) is 2.80. The van der Waals surface area contributed by atoms with E-state index in [1.807, 2.05) is 13.0 Å². The highest BCUT2D eigenvalue weighted by molar-refractivity contribution is 14.0. The summed E-state index contributed by atoms with van der Waals surface area (Å²) in [5.74, 6) is 0.651. The molecule has 8 heteroatoms. The van der Waals surface area contributed by atoms with Crippen molar-refractivity contribution in [2.45, 2.75) is 31.9 Å². The van der Waals surface area contributed by atoms with Gasteiger partial charge in [0.2, 0.25) is 0 Å². The van der Waals surface area contributed by atoms with Crippen molar-refractivity contribution in [2.75, 3.05) is 26.3 Å². The molecule has 136 valence electrons. The van der Waals surface area contributed by atoms with E-state index in [1.165, 1.54) is 0 Å². The summed E-state index contributed by atoms with van der Waals surface area (Å²) in [6.07, 6.45) is 1.25. The minimum atomic E-state index is -0.744. The van der Waals surface area contributed by atoms with E-state index in [1.54, 1.807) is 12.1 Å². The Kier molecular flexibility index (Phi) is 9.66. The highest BCUT2D eigenvalue weighted by Crippen LogP contribution is 2.22. The molecule has 0 bridgehead atoms. The van der Waals surface area contributed by atoms with Gasteiger partial charge in [-0.05, 0) is 24.6 Å². The standard InChI is InChI=1S/C16H23Cl2N3O2.HI/c1-2-19-15(21-11-16(22)5-7-23-8-6-16)20-10-12-3-4-13(17)9-14(12)18;/h3-4,9,22H,2,5-8,10-11H2,1H3,(H2,19,20,21);1H. The van der Waals surface area contributed by atoms with Crippen molar-refractivity contribution < 1.29 is 9.84 Å². The number of ether oxygens (including phenoxy) is 1. The molecule has 2 rings (SSSR count). The molecule has 0 atom stereocenters. The third kappa shape index (κ3) is 6.92. The summed E-state index contributed by atoms with van der Waals surface area (Å²) in [5, 5.41) is 18.1. The van der Waals surface area contributed by atoms with Crippen LogP contribution in [0, 0.1) is 0 Å². The highest BCUT2D eigenvalue weighted by Gasteiger charge is 2.29. The molecule has 0 radical (unpaired) electrons. The summed E-state index contributed by atoms with van der Waals surface area (Å²) in [4.78, 5) is 4.51. The number of guanidine groups is 1. The van der Waals surface area contributed by atoms with Crippen LogP contribution in [0.5, 0.6) is 0 Å². The second kappa shape index (κ2) is 10.7. The van der Waals surface area contributed by atoms with Gasteiger partial charge in [0.05, 0.1) is 12.1 Å². The molecule has 0 saturated carbocycles. The van der Waals surface area contributed by atoms with Crippen molar-refractivity contribution >= 4 is 53.1 Å². The van der Waals surface area contributed by atoms with Gasteiger partial charge in [-0.15, -0.1) is 24.0 Å². The Morgan fingerprint density at radius 1 is 1.29 bits per heavy atom. The molecule has 0 aliphatic carbocycles. The number of nitrogens with one attached hydrogen (secondary N) is 2. The van der Waals surface area contributed by atoms with Crippen LogP contribution in [-0.2, 0) is 11.3 Å². The van der Waals surface area contributed by atoms with Crippen LogP contribution in [0.15, 0.2) is 23.2 Å². The number of nitrogens with zero attached hydrogens (tertiary/aromatic N) is 1. The van der Waals surface area contributed by atoms with E-state index in [0.717, 1.165) is 12.1 Å². The van der Waals surface area contributed by atoms with Crippen LogP contribution in [-0.4, -0.2) is 43.0 Å². The van der Waals surface area contributed by atoms with Gasteiger partial charge in [-0.25, -0.2) is 4.99 Å². The second-order valence-electron chi connectivity index (χ2n) is 5.62. The lowest BCUT2D eigenvalue weighted by Gasteiger charge is -2.32. The summed E-state index contributed by atoms with van der Waals surface area (Å²) in [5.41, 5.74) is 0.157. The molecule has 0 aromatic heterocycles. The van der Waals surface area contributed by atoms with Crippen molar-refractivity contribution in [1.82, 2.24) is 10.6 Å². The molecule has 1 aliphatic rings. The molecule has 5 nitrogen and oxygen atoms in total. The molecule has 1 heterocycles. The summed E-state index contributed by atoms with van der Waals surface area (Å²) in [6, 6.07) is 5.37. The quantitative estimate of drug-likeness (QED) is 0.339. The van der Waals surface area contributed by atoms with E-state index in [-0.39, 0.29) is 24.0 Å². The van der Waals surface area contributed by atoms with Gasteiger partial charge in [-0.2, -0.15) is 0 Å². The van der Waals surface area contributed by atoms with E-state index in [0.29, 0.717) is 55.1 Å². The highest BCUT2D eigenvalue weighted by atomic mass is 127. The van der Waals surface area contributed by atoms with Crippen molar-refractivity contribution in [3.8, 4) is 0 Å². The SMILES string of the molecule is CCNC(=NCc1ccc(Cl)cc1Cl)NCC1(O)CCOCC1.I. The summed E-state index contributed by atoms with van der Waals surface area (Å²) in [7, 11) is 0. The van der Waals surface area contributed by atoms with E-state index < -0.39 is 5.60 Å². The normalized spacial score (nSPS) is 17.1. The summed E-state index contributed by atoms with van der Waals surface area (Å²) < 4.78 is 5.29. The van der Waals surface area contributed by atoms with Crippen LogP contribution < -0.4 is 10.6 Å². The maximum absolute atomic E-state index is 10.5. The molecule has 1 fully saturated rings. The van der Waals surface area contributed by atoms with Gasteiger partial charge in [0.15, 0.2) is 5.96 Å². The molecular formula is C16H24Cl2IN3O2. The number of benzene rings is 1. The average Bonchev–Trinajstić information content (AvgIpc) is 2.52. The second-order valence-corrected chi connectivity index (χ2v) is 6.46. The van der Waals surface area contributed by atoms with Crippen LogP contribution in [0.1, 0.15) is 25.3 Å². The first-order valence-corrected chi connectivity index (χ1v) is 8.54. The molecule has 1 aromatic rings. The van der Waals surface area contributed by atoms with Crippen LogP contribution in [0.4, 0.5) is 0 Å². The first-order valence-electron chi connectivity index (χ1n) is 7.79. The van der Waals surface area contributed by atoms with Gasteiger partial charge in [0.25, 0.3) is 0 Å². The average molecular weight is 488 g/mol. The number of hydrogen-bond donors (Lipinski definition) is 3. The predicted octanol–water partition coefficient (Wildman–Crippen LogP) is 3.21. The summed E-state index contributed by atoms with van der Waals surface area (Å²) >= 11 is 12.1. The molecule has 3 N–H and O–H groups in total. The lowest BCUT2D eigenvalue weighted by Crippen LogP contribution is -2.49. The zero-order chi connectivity index (χ0) is 16.7. The van der Waals surface area contributed by atoms with Crippen LogP contribution >= 0.6 is 47.2 Å². The lowest BCUT2D eigenvalue weighted by molar-refractivity contribution is -0.0594. The fraction of sp³-hybridized carbons (Fsp3) is 0.562. The fourth-order valence-electron chi connectivity index (χ4n) is 2.33. The molecule has 1 saturated heterocycles. The maximum atomic E-state index is 10.5. The Morgan fingerprint density at radius 2 is 2.00 bits per heavy atom. The van der Waals surface area contributed by atoms with Gasteiger partial charge < -0.3 is 20.5 Å². The zero-order valence-electron chi connectivity index (χ0n) is 13.6. The summed E-state index contributed by atoms with van der Waals surface area (Å²) in [6.45, 7) is 4.79. The number of rotatable bonds is 5. The molecule has 0 amide bonds. The number of aliphatic imine (C=N–C) groups is 1. The topological polar surface area (TPSA) is 65.9 Å². The Labute approximate surface area is 170 Å². The zero-order valence-corrected chi connectivity index (χ0v) is 17.5. The van der Waals surface area contributed by atoms with Gasteiger partial charge in [-0.3, -0.25) is 0 Å². The Morgan fingerprint density at radius 3 is 2.62 bits per heavy atom. The van der Waals surface area contributed by atoms with Crippen LogP contribution in [0.25, 0.3) is 0 Å². The number of hydrogen-bond acceptors (Lipinski definition) is 3. The minimum Gasteiger partial charge on any atom is -0.388 e. The van der Waals surface area contributed by atoms with Crippen molar-refractivity contribution in [3.63, 3.8) is 0 Å². The Bertz CT molecular complexity index is 552. The lowest BCUT2D eigenvalue weighted by atomic mass is 9.94. The molecule has 0 spiro atoms. The predicted molar refractivity (Wildman–Crippen MR) is 110 cm³/mol. The van der Waals surface area contributed by atoms with Crippen molar-refractivity contribution in [3.05, 3.63) is 33.8 Å². The third-order valence-corrected chi connectivity index (χ3v) is 4.36. The number of aliphatic hydroxyl groups is 1. The van der Waals surface area contributed by atoms with Gasteiger partial charge in [0.1, 0.15) is 0 Å². The van der Waals surface area contributed by atoms with E-state index in [9.17, 15) is 5.11 Å². The van der Waals surface area contributed by atoms with E-state index >= 15 is 0 Å². The minimum absolute atomic E-state index is 0. The molecule has 0 unspecified atom stereocenters. The van der Waals surface area contributed by atoms with Gasteiger partial charge in [0, 0.05) is 49.2 Å².